The molecule has 0 spiro atoms. The molecule has 0 radical (unpaired) electrons. The maximum atomic E-state index is 12.2. The fourth-order valence-corrected chi connectivity index (χ4v) is 2.95. The van der Waals surface area contributed by atoms with Gasteiger partial charge in [0.25, 0.3) is 0 Å². The molecule has 0 fully saturated rings. The van der Waals surface area contributed by atoms with Crippen LogP contribution in [0.15, 0.2) is 36.8 Å². The van der Waals surface area contributed by atoms with Crippen LogP contribution in [-0.2, 0) is 4.79 Å². The molecule has 7 nitrogen and oxygen atoms in total. The molecule has 1 aliphatic heterocycles. The fraction of sp³-hybridized carbons (Fsp3) is 0.312. The lowest BCUT2D eigenvalue weighted by molar-refractivity contribution is -0.120. The first-order valence-corrected chi connectivity index (χ1v) is 7.14. The van der Waals surface area contributed by atoms with Gasteiger partial charge in [-0.3, -0.25) is 4.79 Å². The predicted octanol–water partition coefficient (Wildman–Crippen LogP) is 2.03. The summed E-state index contributed by atoms with van der Waals surface area (Å²) in [5, 5.41) is 7.30. The van der Waals surface area contributed by atoms with Crippen molar-refractivity contribution in [2.24, 2.45) is 5.92 Å². The number of hydrogen-bond donors (Lipinski definition) is 1. The number of nitrogens with one attached hydrogen (secondary N) is 1. The van der Waals surface area contributed by atoms with Crippen LogP contribution in [0.3, 0.4) is 0 Å². The number of allylic oxidation sites excluding steroid dienone is 1. The lowest BCUT2D eigenvalue weighted by Gasteiger charge is -2.33. The third-order valence-corrected chi connectivity index (χ3v) is 3.99. The zero-order valence-electron chi connectivity index (χ0n) is 13.2. The van der Waals surface area contributed by atoms with E-state index < -0.39 is 12.0 Å². The maximum absolute atomic E-state index is 12.2. The van der Waals surface area contributed by atoms with Crippen molar-refractivity contribution in [1.29, 1.82) is 0 Å². The molecule has 1 aromatic heterocycles. The predicted molar refractivity (Wildman–Crippen MR) is 84.6 cm³/mol. The number of nitrogens with zero attached hydrogens (tertiary/aromatic N) is 3. The summed E-state index contributed by atoms with van der Waals surface area (Å²) in [6.45, 7) is 5.52. The largest absolute Gasteiger partial charge is 0.497 e. The van der Waals surface area contributed by atoms with Gasteiger partial charge < -0.3 is 14.8 Å². The molecular weight excluding hydrogens is 296 g/mol. The van der Waals surface area contributed by atoms with E-state index in [-0.39, 0.29) is 5.78 Å². The molecule has 2 atom stereocenters. The lowest BCUT2D eigenvalue weighted by atomic mass is 9.86. The number of ketones is 1. The molecule has 2 unspecified atom stereocenters. The minimum atomic E-state index is -0.481. The van der Waals surface area contributed by atoms with Gasteiger partial charge in [-0.05, 0) is 25.1 Å². The van der Waals surface area contributed by atoms with E-state index in [4.69, 9.17) is 9.47 Å². The highest BCUT2D eigenvalue weighted by Crippen LogP contribution is 2.42. The SMILES string of the molecule is C=C1Nc2ncnn2C(c2cc(OC)ccc2OC)C1C(C)=O. The van der Waals surface area contributed by atoms with Crippen molar-refractivity contribution in [3.05, 3.63) is 42.4 Å². The van der Waals surface area contributed by atoms with Crippen molar-refractivity contribution in [1.82, 2.24) is 14.8 Å². The van der Waals surface area contributed by atoms with Crippen LogP contribution in [0.4, 0.5) is 5.95 Å². The van der Waals surface area contributed by atoms with Crippen LogP contribution in [0.2, 0.25) is 0 Å². The van der Waals surface area contributed by atoms with Crippen molar-refractivity contribution >= 4 is 11.7 Å². The van der Waals surface area contributed by atoms with Gasteiger partial charge in [0, 0.05) is 11.3 Å². The average Bonchev–Trinajstić information content (AvgIpc) is 3.00. The molecule has 120 valence electrons. The number of carbonyl (C=O) groups excluding carboxylic acids is 1. The average molecular weight is 314 g/mol. The van der Waals surface area contributed by atoms with E-state index >= 15 is 0 Å². The number of aromatic nitrogens is 3. The third-order valence-electron chi connectivity index (χ3n) is 3.99. The molecular formula is C16H18N4O3. The van der Waals surface area contributed by atoms with Crippen LogP contribution < -0.4 is 14.8 Å². The fourth-order valence-electron chi connectivity index (χ4n) is 2.95. The molecule has 0 saturated carbocycles. The number of methoxy groups -OCH3 is 2. The number of Topliss-reactive ketones (excluding diaryl/α,β-unsaturated/α-hetero) is 1. The minimum Gasteiger partial charge on any atom is -0.497 e. The molecule has 1 aliphatic rings. The van der Waals surface area contributed by atoms with Crippen molar-refractivity contribution in [3.8, 4) is 11.5 Å². The summed E-state index contributed by atoms with van der Waals surface area (Å²) in [5.41, 5.74) is 1.38. The van der Waals surface area contributed by atoms with Crippen molar-refractivity contribution < 1.29 is 14.3 Å². The Kier molecular flexibility index (Phi) is 3.77. The van der Waals surface area contributed by atoms with E-state index in [1.807, 2.05) is 18.2 Å². The number of hydrogen-bond acceptors (Lipinski definition) is 6. The van der Waals surface area contributed by atoms with Gasteiger partial charge >= 0.3 is 0 Å². The lowest BCUT2D eigenvalue weighted by Crippen LogP contribution is -2.36. The van der Waals surface area contributed by atoms with Gasteiger partial charge in [0.05, 0.1) is 26.2 Å². The van der Waals surface area contributed by atoms with Crippen LogP contribution in [0.1, 0.15) is 18.5 Å². The maximum Gasteiger partial charge on any atom is 0.226 e. The summed E-state index contributed by atoms with van der Waals surface area (Å²) < 4.78 is 12.5. The Labute approximate surface area is 133 Å². The van der Waals surface area contributed by atoms with Gasteiger partial charge in [-0.15, -0.1) is 0 Å². The molecule has 0 amide bonds. The number of ether oxygens (including phenoxy) is 2. The summed E-state index contributed by atoms with van der Waals surface area (Å²) in [4.78, 5) is 16.4. The standard InChI is InChI=1S/C16H18N4O3/c1-9-14(10(2)21)15(20-16(19-9)17-8-18-20)12-7-11(22-3)5-6-13(12)23-4/h5-8,14-15H,1H2,2-4H3,(H,17,18,19). The number of benzene rings is 1. The quantitative estimate of drug-likeness (QED) is 0.930. The first-order chi connectivity index (χ1) is 11.1. The molecule has 0 bridgehead atoms. The second kappa shape index (κ2) is 5.75. The molecule has 1 N–H and O–H groups in total. The highest BCUT2D eigenvalue weighted by molar-refractivity contribution is 5.84. The highest BCUT2D eigenvalue weighted by Gasteiger charge is 2.39. The van der Waals surface area contributed by atoms with Gasteiger partial charge in [-0.2, -0.15) is 10.1 Å². The zero-order valence-corrected chi connectivity index (χ0v) is 13.2. The molecule has 3 rings (SSSR count). The highest BCUT2D eigenvalue weighted by atomic mass is 16.5. The van der Waals surface area contributed by atoms with E-state index in [0.717, 1.165) is 5.56 Å². The monoisotopic (exact) mass is 314 g/mol. The summed E-state index contributed by atoms with van der Waals surface area (Å²) in [6.07, 6.45) is 1.44. The van der Waals surface area contributed by atoms with Crippen LogP contribution in [0, 0.1) is 5.92 Å². The smallest absolute Gasteiger partial charge is 0.226 e. The summed E-state index contributed by atoms with van der Waals surface area (Å²) in [5.74, 6) is 1.37. The van der Waals surface area contributed by atoms with Crippen LogP contribution in [-0.4, -0.2) is 34.8 Å². The van der Waals surface area contributed by atoms with E-state index in [1.165, 1.54) is 6.33 Å². The summed E-state index contributed by atoms with van der Waals surface area (Å²) in [6, 6.07) is 5.07. The van der Waals surface area contributed by atoms with E-state index in [9.17, 15) is 4.79 Å². The van der Waals surface area contributed by atoms with Gasteiger partial charge in [0.2, 0.25) is 5.95 Å². The Bertz CT molecular complexity index is 768. The minimum absolute atomic E-state index is 0.0153. The Morgan fingerprint density at radius 3 is 2.78 bits per heavy atom. The van der Waals surface area contributed by atoms with Crippen LogP contribution >= 0.6 is 0 Å². The Morgan fingerprint density at radius 2 is 2.13 bits per heavy atom. The second-order valence-electron chi connectivity index (χ2n) is 5.32. The number of anilines is 1. The number of carbonyl (C=O) groups is 1. The van der Waals surface area contributed by atoms with E-state index in [1.54, 1.807) is 25.8 Å². The molecule has 23 heavy (non-hydrogen) atoms. The zero-order chi connectivity index (χ0) is 16.6. The Hall–Kier alpha value is -2.83. The third kappa shape index (κ3) is 2.44. The van der Waals surface area contributed by atoms with Gasteiger partial charge in [0.1, 0.15) is 23.6 Å². The summed E-state index contributed by atoms with van der Waals surface area (Å²) in [7, 11) is 3.18. The normalized spacial score (nSPS) is 19.7. The topological polar surface area (TPSA) is 78.3 Å². The molecule has 1 aromatic carbocycles. The number of rotatable bonds is 4. The van der Waals surface area contributed by atoms with E-state index in [2.05, 4.69) is 22.0 Å². The van der Waals surface area contributed by atoms with Gasteiger partial charge in [-0.1, -0.05) is 6.58 Å². The Morgan fingerprint density at radius 1 is 1.35 bits per heavy atom. The second-order valence-corrected chi connectivity index (χ2v) is 5.32. The summed E-state index contributed by atoms with van der Waals surface area (Å²) >= 11 is 0. The van der Waals surface area contributed by atoms with Gasteiger partial charge in [-0.25, -0.2) is 4.68 Å². The first kappa shape index (κ1) is 15.1. The van der Waals surface area contributed by atoms with Crippen molar-refractivity contribution in [3.63, 3.8) is 0 Å². The molecule has 2 heterocycles. The first-order valence-electron chi connectivity index (χ1n) is 7.14. The molecule has 7 heteroatoms. The Balaban J connectivity index is 2.23. The van der Waals surface area contributed by atoms with Crippen LogP contribution in [0.25, 0.3) is 0 Å². The molecule has 2 aromatic rings. The van der Waals surface area contributed by atoms with Crippen molar-refractivity contribution in [2.75, 3.05) is 19.5 Å². The molecule has 0 saturated heterocycles. The van der Waals surface area contributed by atoms with Crippen molar-refractivity contribution in [2.45, 2.75) is 13.0 Å². The van der Waals surface area contributed by atoms with Gasteiger partial charge in [0.15, 0.2) is 0 Å². The van der Waals surface area contributed by atoms with E-state index in [0.29, 0.717) is 23.1 Å². The number of fused-ring (bicyclic) bond motifs is 1. The van der Waals surface area contributed by atoms with Crippen LogP contribution in [0.5, 0.6) is 11.5 Å². The molecule has 0 aliphatic carbocycles.